The molecule has 0 N–H and O–H groups in total. The van der Waals surface area contributed by atoms with Crippen LogP contribution in [-0.4, -0.2) is 17.6 Å². The lowest BCUT2D eigenvalue weighted by Gasteiger charge is -2.15. The highest BCUT2D eigenvalue weighted by atomic mass is 28.3. The van der Waals surface area contributed by atoms with Crippen molar-refractivity contribution in [3.05, 3.63) is 23.6 Å². The SMILES string of the molecule is C=C[Si](C)(C)CC[SiH2]C=C(C)CC. The fraction of sp³-hybridized carbons (Fsp3) is 0.636. The zero-order valence-corrected chi connectivity index (χ0v) is 12.1. The summed E-state index contributed by atoms with van der Waals surface area (Å²) in [5.41, 5.74) is 6.33. The van der Waals surface area contributed by atoms with Crippen LogP contribution in [-0.2, 0) is 0 Å². The number of allylic oxidation sites excluding steroid dienone is 1. The van der Waals surface area contributed by atoms with Crippen LogP contribution in [0.1, 0.15) is 20.3 Å². The molecule has 0 aliphatic rings. The van der Waals surface area contributed by atoms with Crippen LogP contribution in [0.5, 0.6) is 0 Å². The van der Waals surface area contributed by atoms with Crippen LogP contribution < -0.4 is 0 Å². The van der Waals surface area contributed by atoms with E-state index in [0.717, 1.165) is 0 Å². The second kappa shape index (κ2) is 6.38. The van der Waals surface area contributed by atoms with Crippen LogP contribution in [0.2, 0.25) is 25.2 Å². The van der Waals surface area contributed by atoms with Gasteiger partial charge >= 0.3 is 0 Å². The van der Waals surface area contributed by atoms with E-state index in [2.05, 4.69) is 44.9 Å². The quantitative estimate of drug-likeness (QED) is 0.468. The molecule has 0 aromatic carbocycles. The molecule has 0 fully saturated rings. The van der Waals surface area contributed by atoms with Gasteiger partial charge in [-0.3, -0.25) is 0 Å². The number of rotatable bonds is 6. The van der Waals surface area contributed by atoms with Crippen molar-refractivity contribution in [3.8, 4) is 0 Å². The molecule has 2 heteroatoms. The first-order chi connectivity index (χ1) is 6.02. The largest absolute Gasteiger partial charge is 0.107 e. The van der Waals surface area contributed by atoms with Crippen molar-refractivity contribution in [3.63, 3.8) is 0 Å². The Bertz CT molecular complexity index is 181. The van der Waals surface area contributed by atoms with Crippen molar-refractivity contribution in [2.24, 2.45) is 0 Å². The molecule has 0 aromatic rings. The first-order valence-electron chi connectivity index (χ1n) is 5.31. The predicted molar refractivity (Wildman–Crippen MR) is 69.9 cm³/mol. The standard InChI is InChI=1S/C11H24Si2/c1-6-11(3)10-12-8-9-13(4,5)7-2/h7,10H,2,6,8-9,12H2,1,3-5H3. The first-order valence-corrected chi connectivity index (χ1v) is 10.4. The van der Waals surface area contributed by atoms with Gasteiger partial charge < -0.3 is 0 Å². The summed E-state index contributed by atoms with van der Waals surface area (Å²) >= 11 is 0. The number of hydrogen-bond donors (Lipinski definition) is 0. The Morgan fingerprint density at radius 2 is 2.08 bits per heavy atom. The molecule has 0 amide bonds. The van der Waals surface area contributed by atoms with E-state index in [4.69, 9.17) is 0 Å². The molecule has 0 aliphatic carbocycles. The molecule has 0 aliphatic heterocycles. The molecule has 0 rings (SSSR count). The second-order valence-corrected chi connectivity index (χ2v) is 11.1. The van der Waals surface area contributed by atoms with Crippen molar-refractivity contribution in [1.82, 2.24) is 0 Å². The maximum atomic E-state index is 3.92. The predicted octanol–water partition coefficient (Wildman–Crippen LogP) is 3.32. The molecule has 0 unspecified atom stereocenters. The third kappa shape index (κ3) is 7.02. The fourth-order valence-electron chi connectivity index (χ4n) is 1.15. The van der Waals surface area contributed by atoms with Gasteiger partial charge in [0.05, 0.1) is 8.07 Å². The highest BCUT2D eigenvalue weighted by Gasteiger charge is 2.13. The molecule has 0 nitrogen and oxygen atoms in total. The maximum Gasteiger partial charge on any atom is 0.0706 e. The van der Waals surface area contributed by atoms with E-state index < -0.39 is 8.07 Å². The third-order valence-electron chi connectivity index (χ3n) is 2.63. The minimum atomic E-state index is -0.990. The monoisotopic (exact) mass is 212 g/mol. The topological polar surface area (TPSA) is 0 Å². The van der Waals surface area contributed by atoms with Gasteiger partial charge in [0.1, 0.15) is 0 Å². The minimum Gasteiger partial charge on any atom is -0.107 e. The smallest absolute Gasteiger partial charge is 0.0706 e. The van der Waals surface area contributed by atoms with Gasteiger partial charge in [-0.2, -0.15) is 0 Å². The van der Waals surface area contributed by atoms with E-state index in [-0.39, 0.29) is 9.52 Å². The summed E-state index contributed by atoms with van der Waals surface area (Å²) in [5, 5.41) is 0. The zero-order valence-electron chi connectivity index (χ0n) is 9.69. The lowest BCUT2D eigenvalue weighted by molar-refractivity contribution is 1.10. The molecule has 0 atom stereocenters. The lowest BCUT2D eigenvalue weighted by atomic mass is 10.3. The normalized spacial score (nSPS) is 14.0. The summed E-state index contributed by atoms with van der Waals surface area (Å²) in [6, 6.07) is 2.92. The van der Waals surface area contributed by atoms with Gasteiger partial charge in [0.2, 0.25) is 0 Å². The maximum absolute atomic E-state index is 3.92. The Kier molecular flexibility index (Phi) is 6.34. The summed E-state index contributed by atoms with van der Waals surface area (Å²) in [4.78, 5) is 0. The molecule has 0 radical (unpaired) electrons. The first kappa shape index (κ1) is 12.9. The third-order valence-corrected chi connectivity index (χ3v) is 7.83. The molecule has 0 bridgehead atoms. The average Bonchev–Trinajstić information content (AvgIpc) is 2.12. The molecule has 0 heterocycles. The summed E-state index contributed by atoms with van der Waals surface area (Å²) in [6.45, 7) is 13.2. The highest BCUT2D eigenvalue weighted by Crippen LogP contribution is 2.13. The Morgan fingerprint density at radius 3 is 2.54 bits per heavy atom. The van der Waals surface area contributed by atoms with E-state index in [1.807, 2.05) is 0 Å². The van der Waals surface area contributed by atoms with Crippen molar-refractivity contribution < 1.29 is 0 Å². The average molecular weight is 212 g/mol. The molecule has 76 valence electrons. The Labute approximate surface area is 87.0 Å². The van der Waals surface area contributed by atoms with Crippen molar-refractivity contribution in [2.45, 2.75) is 45.5 Å². The summed E-state index contributed by atoms with van der Waals surface area (Å²) < 4.78 is 0. The van der Waals surface area contributed by atoms with E-state index in [1.165, 1.54) is 18.5 Å². The molecular formula is C11H24Si2. The Hall–Kier alpha value is -0.0862. The van der Waals surface area contributed by atoms with Crippen LogP contribution in [0.3, 0.4) is 0 Å². The highest BCUT2D eigenvalue weighted by molar-refractivity contribution is 6.82. The summed E-state index contributed by atoms with van der Waals surface area (Å²) in [5.74, 6) is 0. The fourth-order valence-corrected chi connectivity index (χ4v) is 6.80. The molecule has 0 saturated carbocycles. The van der Waals surface area contributed by atoms with Gasteiger partial charge in [-0.1, -0.05) is 37.7 Å². The van der Waals surface area contributed by atoms with Crippen LogP contribution in [0, 0.1) is 0 Å². The van der Waals surface area contributed by atoms with Crippen molar-refractivity contribution >= 4 is 17.6 Å². The molecule has 0 spiro atoms. The Morgan fingerprint density at radius 1 is 1.46 bits per heavy atom. The van der Waals surface area contributed by atoms with Gasteiger partial charge in [-0.25, -0.2) is 0 Å². The van der Waals surface area contributed by atoms with Crippen molar-refractivity contribution in [2.75, 3.05) is 0 Å². The van der Waals surface area contributed by atoms with Gasteiger partial charge in [-0.05, 0) is 13.3 Å². The molecule has 0 saturated heterocycles. The number of hydrogen-bond acceptors (Lipinski definition) is 0. The van der Waals surface area contributed by atoms with E-state index in [1.54, 1.807) is 5.57 Å². The molecule has 13 heavy (non-hydrogen) atoms. The van der Waals surface area contributed by atoms with E-state index in [9.17, 15) is 0 Å². The van der Waals surface area contributed by atoms with Crippen LogP contribution in [0.4, 0.5) is 0 Å². The minimum absolute atomic E-state index is 0.0886. The summed E-state index contributed by atoms with van der Waals surface area (Å²) in [6.07, 6.45) is 1.23. The van der Waals surface area contributed by atoms with E-state index >= 15 is 0 Å². The zero-order chi connectivity index (χ0) is 10.3. The van der Waals surface area contributed by atoms with E-state index in [0.29, 0.717) is 0 Å². The van der Waals surface area contributed by atoms with Crippen LogP contribution in [0.25, 0.3) is 0 Å². The van der Waals surface area contributed by atoms with Gasteiger partial charge in [0, 0.05) is 9.52 Å². The van der Waals surface area contributed by atoms with Gasteiger partial charge in [0.25, 0.3) is 0 Å². The second-order valence-electron chi connectivity index (χ2n) is 4.49. The molecular weight excluding hydrogens is 188 g/mol. The lowest BCUT2D eigenvalue weighted by Crippen LogP contribution is -2.21. The van der Waals surface area contributed by atoms with Gasteiger partial charge in [0.15, 0.2) is 0 Å². The van der Waals surface area contributed by atoms with Crippen LogP contribution >= 0.6 is 0 Å². The Balaban J connectivity index is 3.63. The van der Waals surface area contributed by atoms with Crippen LogP contribution in [0.15, 0.2) is 23.6 Å². The summed E-state index contributed by atoms with van der Waals surface area (Å²) in [7, 11) is -0.901. The molecule has 0 aromatic heterocycles. The van der Waals surface area contributed by atoms with Gasteiger partial charge in [-0.15, -0.1) is 18.0 Å². The van der Waals surface area contributed by atoms with Crippen molar-refractivity contribution in [1.29, 1.82) is 0 Å².